The topological polar surface area (TPSA) is 75.6 Å². The minimum absolute atomic E-state index is 0.218. The first kappa shape index (κ1) is 15.0. The van der Waals surface area contributed by atoms with Crippen molar-refractivity contribution in [2.45, 2.75) is 38.8 Å². The summed E-state index contributed by atoms with van der Waals surface area (Å²) in [6, 6.07) is 8.11. The molecule has 1 rings (SSSR count). The van der Waals surface area contributed by atoms with Crippen LogP contribution in [0.3, 0.4) is 0 Å². The molecule has 2 N–H and O–H groups in total. The SMILES string of the molecule is CC(C)(C)OC(=O)N[C@@H](Cc1ccccc1)C(=[18O])[18OH]. The summed E-state index contributed by atoms with van der Waals surface area (Å²) in [6.07, 6.45) is -0.508. The largest absolute Gasteiger partial charge is 0.480 e. The summed E-state index contributed by atoms with van der Waals surface area (Å²) in [5, 5.41) is 11.5. The van der Waals surface area contributed by atoms with E-state index in [4.69, 9.17) is 9.84 Å². The van der Waals surface area contributed by atoms with Gasteiger partial charge in [0.15, 0.2) is 0 Å². The third-order valence-electron chi connectivity index (χ3n) is 2.27. The van der Waals surface area contributed by atoms with Crippen molar-refractivity contribution >= 4 is 12.1 Å². The number of hydrogen-bond acceptors (Lipinski definition) is 3. The number of carboxylic acids is 1. The summed E-state index contributed by atoms with van der Waals surface area (Å²) in [7, 11) is 0. The minimum atomic E-state index is -1.09. The summed E-state index contributed by atoms with van der Waals surface area (Å²) in [5.41, 5.74) is 0.186. The average Bonchev–Trinajstić information content (AvgIpc) is 2.26. The maximum atomic E-state index is 11.6. The van der Waals surface area contributed by atoms with Crippen LogP contribution >= 0.6 is 0 Å². The fourth-order valence-corrected chi connectivity index (χ4v) is 1.50. The highest BCUT2D eigenvalue weighted by atomic mass is 18.2. The number of nitrogens with one attached hydrogen (secondary N) is 1. The lowest BCUT2D eigenvalue weighted by Crippen LogP contribution is -2.44. The highest BCUT2D eigenvalue weighted by Crippen LogP contribution is 2.08. The van der Waals surface area contributed by atoms with E-state index in [9.17, 15) is 9.59 Å². The van der Waals surface area contributed by atoms with E-state index in [1.165, 1.54) is 0 Å². The lowest BCUT2D eigenvalue weighted by Gasteiger charge is -2.22. The summed E-state index contributed by atoms with van der Waals surface area (Å²) < 4.78 is 5.04. The van der Waals surface area contributed by atoms with Crippen LogP contribution < -0.4 is 5.32 Å². The summed E-state index contributed by atoms with van der Waals surface area (Å²) >= 11 is 0. The quantitative estimate of drug-likeness (QED) is 0.822. The van der Waals surface area contributed by atoms with Gasteiger partial charge in [0.25, 0.3) is 0 Å². The van der Waals surface area contributed by atoms with E-state index in [0.29, 0.717) is 0 Å². The third kappa shape index (κ3) is 5.90. The number of ether oxygens (including phenoxy) is 1. The smallest absolute Gasteiger partial charge is 0.408 e. The van der Waals surface area contributed by atoms with Crippen LogP contribution in [0.5, 0.6) is 0 Å². The number of carbonyl (C=O) groups is 2. The standard InChI is InChI=1S/C14H19NO4/c1-14(2,3)19-13(18)15-11(12(16)17)9-10-7-5-4-6-8-10/h4-8,11H,9H2,1-3H3,(H,15,18)(H,16,17)/t11-/m0/s1/i16+2,17+2. The number of carboxylic acid groups (broad SMARTS) is 1. The average molecular weight is 269 g/mol. The highest BCUT2D eigenvalue weighted by Gasteiger charge is 2.23. The number of hydrogen-bond donors (Lipinski definition) is 2. The molecule has 104 valence electrons. The Hall–Kier alpha value is -2.04. The Kier molecular flexibility index (Phi) is 4.92. The number of amides is 1. The molecule has 5 nitrogen and oxygen atoms in total. The molecule has 0 spiro atoms. The van der Waals surface area contributed by atoms with Gasteiger partial charge in [-0.1, -0.05) is 30.3 Å². The summed E-state index contributed by atoms with van der Waals surface area (Å²) in [5.74, 6) is -1.09. The molecule has 0 aliphatic carbocycles. The molecule has 0 saturated carbocycles. The normalized spacial score (nSPS) is 12.6. The highest BCUT2D eigenvalue weighted by molar-refractivity contribution is 5.80. The van der Waals surface area contributed by atoms with Gasteiger partial charge in [-0.15, -0.1) is 0 Å². The van der Waals surface area contributed by atoms with Crippen molar-refractivity contribution in [2.24, 2.45) is 0 Å². The fourth-order valence-electron chi connectivity index (χ4n) is 1.50. The molecule has 0 unspecified atom stereocenters. The molecule has 0 aliphatic heterocycles. The van der Waals surface area contributed by atoms with Crippen LogP contribution in [0.25, 0.3) is 0 Å². The fraction of sp³-hybridized carbons (Fsp3) is 0.429. The van der Waals surface area contributed by atoms with Crippen LogP contribution in [0.4, 0.5) is 4.79 Å². The van der Waals surface area contributed by atoms with Crippen molar-refractivity contribution in [3.05, 3.63) is 35.9 Å². The molecule has 0 aliphatic rings. The van der Waals surface area contributed by atoms with Gasteiger partial charge >= 0.3 is 12.1 Å². The van der Waals surface area contributed by atoms with Crippen molar-refractivity contribution in [2.75, 3.05) is 0 Å². The Morgan fingerprint density at radius 1 is 1.37 bits per heavy atom. The van der Waals surface area contributed by atoms with E-state index in [1.54, 1.807) is 20.8 Å². The van der Waals surface area contributed by atoms with E-state index in [0.717, 1.165) is 5.56 Å². The van der Waals surface area contributed by atoms with Crippen molar-refractivity contribution in [1.29, 1.82) is 0 Å². The molecule has 1 aromatic rings. The molecule has 0 radical (unpaired) electrons. The van der Waals surface area contributed by atoms with Crippen molar-refractivity contribution in [3.63, 3.8) is 0 Å². The lowest BCUT2D eigenvalue weighted by molar-refractivity contribution is -0.139. The third-order valence-corrected chi connectivity index (χ3v) is 2.27. The van der Waals surface area contributed by atoms with E-state index < -0.39 is 23.7 Å². The van der Waals surface area contributed by atoms with Crippen LogP contribution in [0.1, 0.15) is 26.3 Å². The molecule has 5 heteroatoms. The van der Waals surface area contributed by atoms with E-state index in [1.807, 2.05) is 30.3 Å². The van der Waals surface area contributed by atoms with E-state index >= 15 is 0 Å². The van der Waals surface area contributed by atoms with Crippen LogP contribution in [-0.2, 0) is 16.0 Å². The summed E-state index contributed by atoms with van der Waals surface area (Å²) in [4.78, 5) is 22.7. The van der Waals surface area contributed by atoms with Crippen molar-refractivity contribution in [3.8, 4) is 0 Å². The molecule has 0 heterocycles. The molecule has 0 saturated heterocycles. The van der Waals surface area contributed by atoms with Gasteiger partial charge in [-0.3, -0.25) is 0 Å². The monoisotopic (exact) mass is 269 g/mol. The first-order chi connectivity index (χ1) is 8.78. The Morgan fingerprint density at radius 2 is 1.95 bits per heavy atom. The van der Waals surface area contributed by atoms with Crippen LogP contribution in [-0.4, -0.2) is 28.8 Å². The molecular formula is C14H19NO4. The molecule has 0 aromatic heterocycles. The van der Waals surface area contributed by atoms with Gasteiger partial charge in [0.05, 0.1) is 0 Å². The molecule has 0 bridgehead atoms. The van der Waals surface area contributed by atoms with Crippen LogP contribution in [0.2, 0.25) is 0 Å². The molecular weight excluding hydrogens is 250 g/mol. The van der Waals surface area contributed by atoms with Gasteiger partial charge < -0.3 is 15.2 Å². The first-order valence-electron chi connectivity index (χ1n) is 6.04. The number of rotatable bonds is 4. The molecule has 1 atom stereocenters. The number of benzene rings is 1. The zero-order valence-corrected chi connectivity index (χ0v) is 11.3. The van der Waals surface area contributed by atoms with Gasteiger partial charge in [0, 0.05) is 6.42 Å². The maximum absolute atomic E-state index is 11.6. The zero-order valence-electron chi connectivity index (χ0n) is 11.3. The molecule has 19 heavy (non-hydrogen) atoms. The van der Waals surface area contributed by atoms with E-state index in [-0.39, 0.29) is 6.42 Å². The Balaban J connectivity index is 2.64. The number of aliphatic carboxylic acids is 1. The lowest BCUT2D eigenvalue weighted by atomic mass is 10.1. The molecule has 1 aromatic carbocycles. The molecule has 0 fully saturated rings. The van der Waals surface area contributed by atoms with Crippen LogP contribution in [0.15, 0.2) is 30.3 Å². The Morgan fingerprint density at radius 3 is 2.42 bits per heavy atom. The predicted octanol–water partition coefficient (Wildman–Crippen LogP) is 2.21. The predicted molar refractivity (Wildman–Crippen MR) is 70.9 cm³/mol. The Bertz CT molecular complexity index is 437. The second-order valence-corrected chi connectivity index (χ2v) is 5.23. The van der Waals surface area contributed by atoms with E-state index in [2.05, 4.69) is 5.32 Å². The van der Waals surface area contributed by atoms with Gasteiger partial charge in [-0.05, 0) is 26.3 Å². The Labute approximate surface area is 112 Å². The zero-order chi connectivity index (χ0) is 14.5. The number of alkyl carbamates (subject to hydrolysis) is 1. The molecule has 1 amide bonds. The van der Waals surface area contributed by atoms with Gasteiger partial charge in [-0.2, -0.15) is 0 Å². The van der Waals surface area contributed by atoms with Gasteiger partial charge in [0.2, 0.25) is 0 Å². The van der Waals surface area contributed by atoms with Crippen LogP contribution in [0, 0.1) is 0 Å². The second kappa shape index (κ2) is 6.22. The minimum Gasteiger partial charge on any atom is -0.480 e. The van der Waals surface area contributed by atoms with Crippen molar-refractivity contribution in [1.82, 2.24) is 5.32 Å². The second-order valence-electron chi connectivity index (χ2n) is 5.23. The first-order valence-corrected chi connectivity index (χ1v) is 6.04. The van der Waals surface area contributed by atoms with Crippen molar-refractivity contribution < 1.29 is 19.4 Å². The maximum Gasteiger partial charge on any atom is 0.408 e. The number of carbonyl (C=O) groups excluding carboxylic acids is 1. The summed E-state index contributed by atoms with van der Waals surface area (Å²) in [6.45, 7) is 5.17. The van der Waals surface area contributed by atoms with Gasteiger partial charge in [0.1, 0.15) is 11.6 Å². The van der Waals surface area contributed by atoms with Gasteiger partial charge in [-0.25, -0.2) is 9.59 Å².